The van der Waals surface area contributed by atoms with Crippen LogP contribution < -0.4 is 0 Å². The van der Waals surface area contributed by atoms with Crippen molar-refractivity contribution in [3.8, 4) is 0 Å². The lowest BCUT2D eigenvalue weighted by Crippen LogP contribution is -2.30. The highest BCUT2D eigenvalue weighted by Crippen LogP contribution is 2.09. The molecule has 0 aliphatic heterocycles. The molecule has 0 aromatic carbocycles. The van der Waals surface area contributed by atoms with Gasteiger partial charge in [-0.05, 0) is 116 Å². The Bertz CT molecular complexity index is 1860. The fraction of sp³-hybridized carbons (Fsp3) is 0.448. The van der Waals surface area contributed by atoms with Crippen LogP contribution in [-0.2, 0) is 28.6 Å². The highest BCUT2D eigenvalue weighted by molar-refractivity contribution is 5.71. The molecule has 1 unspecified atom stereocenters. The van der Waals surface area contributed by atoms with Crippen molar-refractivity contribution < 1.29 is 28.6 Å². The minimum atomic E-state index is -0.875. The third-order valence-corrected chi connectivity index (χ3v) is 10.5. The molecule has 0 heterocycles. The van der Waals surface area contributed by atoms with Crippen molar-refractivity contribution in [1.29, 1.82) is 0 Å². The second-order valence-electron chi connectivity index (χ2n) is 17.2. The third kappa shape index (κ3) is 56.8. The lowest BCUT2D eigenvalue weighted by atomic mass is 10.1. The molecular formula is C67H96O6. The highest BCUT2D eigenvalue weighted by Gasteiger charge is 2.19. The molecule has 0 aliphatic rings. The highest BCUT2D eigenvalue weighted by atomic mass is 16.6. The summed E-state index contributed by atoms with van der Waals surface area (Å²) in [4.78, 5) is 38.1. The summed E-state index contributed by atoms with van der Waals surface area (Å²) in [5.74, 6) is -1.16. The Balaban J connectivity index is 4.75. The summed E-state index contributed by atoms with van der Waals surface area (Å²) in [6, 6.07) is 0. The zero-order valence-corrected chi connectivity index (χ0v) is 45.5. The molecule has 0 bridgehead atoms. The van der Waals surface area contributed by atoms with Gasteiger partial charge in [-0.1, -0.05) is 247 Å². The van der Waals surface area contributed by atoms with Crippen LogP contribution in [0, 0.1) is 0 Å². The first-order valence-electron chi connectivity index (χ1n) is 27.7. The molecule has 0 fully saturated rings. The van der Waals surface area contributed by atoms with Gasteiger partial charge in [-0.3, -0.25) is 14.4 Å². The number of hydrogen-bond donors (Lipinski definition) is 0. The second-order valence-corrected chi connectivity index (χ2v) is 17.2. The lowest BCUT2D eigenvalue weighted by molar-refractivity contribution is -0.166. The van der Waals surface area contributed by atoms with Gasteiger partial charge >= 0.3 is 17.9 Å². The van der Waals surface area contributed by atoms with Crippen molar-refractivity contribution in [3.63, 3.8) is 0 Å². The maximum Gasteiger partial charge on any atom is 0.306 e. The number of hydrogen-bond acceptors (Lipinski definition) is 6. The first kappa shape index (κ1) is 67.0. The van der Waals surface area contributed by atoms with Gasteiger partial charge in [-0.2, -0.15) is 0 Å². The van der Waals surface area contributed by atoms with Crippen LogP contribution in [0.2, 0.25) is 0 Å². The molecule has 6 nitrogen and oxygen atoms in total. The Morgan fingerprint density at radius 2 is 0.644 bits per heavy atom. The summed E-state index contributed by atoms with van der Waals surface area (Å²) >= 11 is 0. The number of unbranched alkanes of at least 4 members (excludes halogenated alkanes) is 7. The zero-order valence-electron chi connectivity index (χ0n) is 45.5. The molecule has 0 radical (unpaired) electrons. The Labute approximate surface area is 445 Å². The van der Waals surface area contributed by atoms with Crippen molar-refractivity contribution in [2.45, 2.75) is 181 Å². The van der Waals surface area contributed by atoms with E-state index in [4.69, 9.17) is 14.2 Å². The SMILES string of the molecule is CC\C=C/C=C\C=C/C=C\C=C\C=C/C=C\CCCCCC(=O)OCC(COC(=O)CCC/C=C\C/C=C\C/C=C\C/C=C\CCCCC)OC(=O)CC/C=C\C/C=C\C/C=C\C/C=C\C/C=C\C/C=C\CC. The minimum Gasteiger partial charge on any atom is -0.462 e. The molecule has 0 spiro atoms. The van der Waals surface area contributed by atoms with E-state index in [1.54, 1.807) is 0 Å². The number of carbonyl (C=O) groups is 3. The van der Waals surface area contributed by atoms with Crippen LogP contribution in [0.4, 0.5) is 0 Å². The molecule has 400 valence electrons. The van der Waals surface area contributed by atoms with E-state index in [2.05, 4.69) is 142 Å². The molecular weight excluding hydrogens is 901 g/mol. The smallest absolute Gasteiger partial charge is 0.306 e. The molecule has 1 atom stereocenters. The maximum absolute atomic E-state index is 12.8. The van der Waals surface area contributed by atoms with Crippen molar-refractivity contribution in [3.05, 3.63) is 207 Å². The first-order chi connectivity index (χ1) is 36.0. The van der Waals surface area contributed by atoms with Crippen LogP contribution in [0.1, 0.15) is 175 Å². The molecule has 73 heavy (non-hydrogen) atoms. The quantitative estimate of drug-likeness (QED) is 0.0199. The van der Waals surface area contributed by atoms with Gasteiger partial charge in [0.2, 0.25) is 0 Å². The minimum absolute atomic E-state index is 0.162. The predicted octanol–water partition coefficient (Wildman–Crippen LogP) is 18.9. The standard InChI is InChI=1S/C67H96O6/c1-4-7-10-13-16-19-22-25-28-31-33-36-39-42-45-48-51-54-57-60-66(69)72-63-64(62-71-65(68)59-56-53-50-47-44-41-38-35-30-27-24-21-18-15-12-9-6-3)73-67(70)61-58-55-52-49-46-43-40-37-34-32-29-26-23-20-17-14-11-8-5-2/h7-8,10-11,13,16-22,25-31,33-34,36-39,41-43,45-47,50,52,55,64H,4-6,9,12,14-15,23-24,32,35,40,44,48-49,51,53-54,56-63H2,1-3H3/b10-7-,11-8-,16-13-,20-17-,21-18-,22-19-,28-25-,29-26-,30-27-,33-31+,37-34-,39-36-,41-38-,45-42-,46-43-,50-47-,55-52-. The Hall–Kier alpha value is -6.01. The summed E-state index contributed by atoms with van der Waals surface area (Å²) in [5.41, 5.74) is 0. The van der Waals surface area contributed by atoms with E-state index in [0.717, 1.165) is 89.9 Å². The summed E-state index contributed by atoms with van der Waals surface area (Å²) in [5, 5.41) is 0. The number of carbonyl (C=O) groups excluding carboxylic acids is 3. The van der Waals surface area contributed by atoms with Crippen molar-refractivity contribution in [1.82, 2.24) is 0 Å². The number of ether oxygens (including phenoxy) is 3. The molecule has 0 N–H and O–H groups in total. The molecule has 0 amide bonds. The Morgan fingerprint density at radius 3 is 1.08 bits per heavy atom. The van der Waals surface area contributed by atoms with E-state index in [0.29, 0.717) is 19.3 Å². The van der Waals surface area contributed by atoms with Crippen LogP contribution in [0.3, 0.4) is 0 Å². The maximum atomic E-state index is 12.8. The van der Waals surface area contributed by atoms with E-state index in [-0.39, 0.29) is 44.4 Å². The molecule has 6 heteroatoms. The van der Waals surface area contributed by atoms with E-state index >= 15 is 0 Å². The summed E-state index contributed by atoms with van der Waals surface area (Å²) < 4.78 is 16.7. The lowest BCUT2D eigenvalue weighted by Gasteiger charge is -2.18. The van der Waals surface area contributed by atoms with Crippen LogP contribution in [0.5, 0.6) is 0 Å². The van der Waals surface area contributed by atoms with E-state index < -0.39 is 12.1 Å². The van der Waals surface area contributed by atoms with E-state index in [1.807, 2.05) is 85.1 Å². The molecule has 0 saturated heterocycles. The molecule has 0 aromatic heterocycles. The Morgan fingerprint density at radius 1 is 0.301 bits per heavy atom. The van der Waals surface area contributed by atoms with Crippen LogP contribution in [-0.4, -0.2) is 37.2 Å². The first-order valence-corrected chi connectivity index (χ1v) is 27.7. The van der Waals surface area contributed by atoms with Crippen molar-refractivity contribution in [2.75, 3.05) is 13.2 Å². The van der Waals surface area contributed by atoms with Crippen LogP contribution in [0.15, 0.2) is 207 Å². The van der Waals surface area contributed by atoms with Gasteiger partial charge in [0.05, 0.1) is 0 Å². The normalized spacial score (nSPS) is 13.7. The Kier molecular flexibility index (Phi) is 53.7. The molecule has 0 saturated carbocycles. The molecule has 0 rings (SSSR count). The summed E-state index contributed by atoms with van der Waals surface area (Å²) in [7, 11) is 0. The molecule has 0 aromatic rings. The fourth-order valence-corrected chi connectivity index (χ4v) is 6.38. The average molecular weight is 997 g/mol. The number of esters is 3. The van der Waals surface area contributed by atoms with Gasteiger partial charge in [-0.25, -0.2) is 0 Å². The van der Waals surface area contributed by atoms with Gasteiger partial charge in [-0.15, -0.1) is 0 Å². The fourth-order valence-electron chi connectivity index (χ4n) is 6.38. The van der Waals surface area contributed by atoms with Gasteiger partial charge in [0.15, 0.2) is 6.10 Å². The van der Waals surface area contributed by atoms with Gasteiger partial charge in [0.1, 0.15) is 13.2 Å². The van der Waals surface area contributed by atoms with Gasteiger partial charge in [0, 0.05) is 19.3 Å². The zero-order chi connectivity index (χ0) is 52.9. The number of allylic oxidation sites excluding steroid dienone is 34. The monoisotopic (exact) mass is 997 g/mol. The molecule has 0 aliphatic carbocycles. The third-order valence-electron chi connectivity index (χ3n) is 10.5. The van der Waals surface area contributed by atoms with Crippen LogP contribution in [0.25, 0.3) is 0 Å². The second kappa shape index (κ2) is 58.6. The summed E-state index contributed by atoms with van der Waals surface area (Å²) in [6.45, 7) is 6.16. The van der Waals surface area contributed by atoms with E-state index in [9.17, 15) is 14.4 Å². The van der Waals surface area contributed by atoms with Crippen molar-refractivity contribution >= 4 is 17.9 Å². The van der Waals surface area contributed by atoms with E-state index in [1.165, 1.54) is 25.7 Å². The number of rotatable bonds is 46. The average Bonchev–Trinajstić information content (AvgIpc) is 3.39. The van der Waals surface area contributed by atoms with Crippen LogP contribution >= 0.6 is 0 Å². The topological polar surface area (TPSA) is 78.9 Å². The van der Waals surface area contributed by atoms with Crippen molar-refractivity contribution in [2.24, 2.45) is 0 Å². The van der Waals surface area contributed by atoms with Gasteiger partial charge < -0.3 is 14.2 Å². The largest absolute Gasteiger partial charge is 0.462 e. The predicted molar refractivity (Wildman–Crippen MR) is 315 cm³/mol. The van der Waals surface area contributed by atoms with Gasteiger partial charge in [0.25, 0.3) is 0 Å². The summed E-state index contributed by atoms with van der Waals surface area (Å²) in [6.07, 6.45) is 91.1.